The van der Waals surface area contributed by atoms with Crippen LogP contribution in [-0.4, -0.2) is 24.6 Å². The van der Waals surface area contributed by atoms with Crippen molar-refractivity contribution in [3.63, 3.8) is 0 Å². The van der Waals surface area contributed by atoms with E-state index in [2.05, 4.69) is 13.8 Å². The van der Waals surface area contributed by atoms with Gasteiger partial charge in [-0.25, -0.2) is 0 Å². The monoisotopic (exact) mass is 328 g/mol. The van der Waals surface area contributed by atoms with Crippen molar-refractivity contribution >= 4 is 11.9 Å². The lowest BCUT2D eigenvalue weighted by molar-refractivity contribution is -0.150. The zero-order valence-electron chi connectivity index (χ0n) is 15.4. The second-order valence-corrected chi connectivity index (χ2v) is 6.15. The molecule has 0 amide bonds. The summed E-state index contributed by atoms with van der Waals surface area (Å²) in [5, 5.41) is 0. The van der Waals surface area contributed by atoms with Crippen LogP contribution >= 0.6 is 0 Å². The van der Waals surface area contributed by atoms with E-state index in [1.165, 1.54) is 19.3 Å². The minimum atomic E-state index is -0.202. The summed E-state index contributed by atoms with van der Waals surface area (Å²) in [5.74, 6) is -0.397. The van der Waals surface area contributed by atoms with Crippen LogP contribution in [-0.2, 0) is 19.1 Å². The van der Waals surface area contributed by atoms with Gasteiger partial charge in [-0.15, -0.1) is 0 Å². The fourth-order valence-corrected chi connectivity index (χ4v) is 2.36. The molecule has 0 spiro atoms. The number of hydrogen-bond acceptors (Lipinski definition) is 4. The van der Waals surface area contributed by atoms with Gasteiger partial charge in [0.05, 0.1) is 6.61 Å². The Kier molecular flexibility index (Phi) is 15.1. The van der Waals surface area contributed by atoms with Crippen molar-refractivity contribution in [2.24, 2.45) is 0 Å². The number of unbranched alkanes of at least 4 members (excludes halogenated alkanes) is 5. The number of carbonyl (C=O) groups is 2. The first kappa shape index (κ1) is 21.9. The quantitative estimate of drug-likeness (QED) is 0.307. The maximum Gasteiger partial charge on any atom is 0.306 e. The third-order valence-electron chi connectivity index (χ3n) is 3.91. The topological polar surface area (TPSA) is 52.6 Å². The van der Waals surface area contributed by atoms with E-state index in [1.54, 1.807) is 0 Å². The minimum Gasteiger partial charge on any atom is -0.466 e. The van der Waals surface area contributed by atoms with Crippen molar-refractivity contribution in [2.75, 3.05) is 6.61 Å². The molecule has 0 N–H and O–H groups in total. The first-order valence-electron chi connectivity index (χ1n) is 9.49. The molecule has 4 heteroatoms. The molecule has 1 atom stereocenters. The van der Waals surface area contributed by atoms with Crippen LogP contribution in [0.4, 0.5) is 0 Å². The molecule has 0 bridgehead atoms. The Hall–Kier alpha value is -1.06. The van der Waals surface area contributed by atoms with Crippen LogP contribution in [0.1, 0.15) is 97.8 Å². The molecular formula is C19H36O4. The summed E-state index contributed by atoms with van der Waals surface area (Å²) in [7, 11) is 0. The van der Waals surface area contributed by atoms with Gasteiger partial charge >= 0.3 is 11.9 Å². The van der Waals surface area contributed by atoms with Crippen molar-refractivity contribution in [1.29, 1.82) is 0 Å². The van der Waals surface area contributed by atoms with Crippen molar-refractivity contribution < 1.29 is 19.1 Å². The predicted molar refractivity (Wildman–Crippen MR) is 93.3 cm³/mol. The van der Waals surface area contributed by atoms with Gasteiger partial charge in [-0.05, 0) is 25.7 Å². The Morgan fingerprint density at radius 2 is 1.43 bits per heavy atom. The fourth-order valence-electron chi connectivity index (χ4n) is 2.36. The summed E-state index contributed by atoms with van der Waals surface area (Å²) in [4.78, 5) is 23.3. The van der Waals surface area contributed by atoms with Crippen LogP contribution in [0, 0.1) is 0 Å². The summed E-state index contributed by atoms with van der Waals surface area (Å²) in [6.45, 7) is 6.84. The van der Waals surface area contributed by atoms with Crippen molar-refractivity contribution in [1.82, 2.24) is 0 Å². The van der Waals surface area contributed by atoms with Crippen LogP contribution in [0.5, 0.6) is 0 Å². The van der Waals surface area contributed by atoms with Crippen molar-refractivity contribution in [2.45, 2.75) is 104 Å². The molecule has 0 aromatic carbocycles. The normalized spacial score (nSPS) is 12.0. The molecule has 0 radical (unpaired) electrons. The molecule has 0 saturated heterocycles. The second kappa shape index (κ2) is 15.8. The summed E-state index contributed by atoms with van der Waals surface area (Å²) < 4.78 is 10.6. The molecule has 0 aliphatic rings. The average Bonchev–Trinajstić information content (AvgIpc) is 2.54. The van der Waals surface area contributed by atoms with Gasteiger partial charge in [0.25, 0.3) is 0 Å². The van der Waals surface area contributed by atoms with Crippen LogP contribution in [0.3, 0.4) is 0 Å². The molecule has 0 fully saturated rings. The van der Waals surface area contributed by atoms with Crippen LogP contribution in [0.2, 0.25) is 0 Å². The third kappa shape index (κ3) is 14.3. The van der Waals surface area contributed by atoms with E-state index in [9.17, 15) is 9.59 Å². The van der Waals surface area contributed by atoms with Gasteiger partial charge in [-0.1, -0.05) is 59.3 Å². The Morgan fingerprint density at radius 3 is 2.09 bits per heavy atom. The lowest BCUT2D eigenvalue weighted by Gasteiger charge is -2.15. The summed E-state index contributed by atoms with van der Waals surface area (Å²) in [5.41, 5.74) is 0. The highest BCUT2D eigenvalue weighted by molar-refractivity contribution is 5.72. The summed E-state index contributed by atoms with van der Waals surface area (Å²) in [6, 6.07) is 0. The van der Waals surface area contributed by atoms with E-state index < -0.39 is 0 Å². The van der Waals surface area contributed by atoms with Crippen LogP contribution in [0.25, 0.3) is 0 Å². The van der Waals surface area contributed by atoms with Gasteiger partial charge in [0, 0.05) is 12.8 Å². The van der Waals surface area contributed by atoms with Crippen molar-refractivity contribution in [3.8, 4) is 0 Å². The summed E-state index contributed by atoms with van der Waals surface area (Å²) in [6.07, 6.45) is 10.8. The molecule has 0 saturated carbocycles. The molecule has 1 unspecified atom stereocenters. The Bertz CT molecular complexity index is 302. The van der Waals surface area contributed by atoms with Gasteiger partial charge in [0.1, 0.15) is 6.10 Å². The molecule has 4 nitrogen and oxygen atoms in total. The molecule has 0 heterocycles. The van der Waals surface area contributed by atoms with Gasteiger partial charge in [-0.2, -0.15) is 0 Å². The zero-order chi connectivity index (χ0) is 17.3. The Labute approximate surface area is 142 Å². The second-order valence-electron chi connectivity index (χ2n) is 6.15. The zero-order valence-corrected chi connectivity index (χ0v) is 15.4. The summed E-state index contributed by atoms with van der Waals surface area (Å²) >= 11 is 0. The van der Waals surface area contributed by atoms with Gasteiger partial charge in [0.15, 0.2) is 0 Å². The predicted octanol–water partition coefficient (Wildman–Crippen LogP) is 5.18. The number of esters is 2. The lowest BCUT2D eigenvalue weighted by atomic mass is 10.1. The highest BCUT2D eigenvalue weighted by Gasteiger charge is 2.13. The molecule has 0 aliphatic heterocycles. The molecule has 23 heavy (non-hydrogen) atoms. The van der Waals surface area contributed by atoms with Gasteiger partial charge in [0.2, 0.25) is 0 Å². The number of carbonyl (C=O) groups excluding carboxylic acids is 2. The van der Waals surface area contributed by atoms with E-state index in [-0.39, 0.29) is 18.0 Å². The highest BCUT2D eigenvalue weighted by atomic mass is 16.5. The SMILES string of the molecule is CCCCCCCOC(=O)CCCC(=O)OC(CC)CCCC. The van der Waals surface area contributed by atoms with Gasteiger partial charge in [-0.3, -0.25) is 9.59 Å². The fraction of sp³-hybridized carbons (Fsp3) is 0.895. The van der Waals surface area contributed by atoms with Crippen LogP contribution in [0.15, 0.2) is 0 Å². The maximum atomic E-state index is 11.7. The van der Waals surface area contributed by atoms with E-state index in [4.69, 9.17) is 9.47 Å². The lowest BCUT2D eigenvalue weighted by Crippen LogP contribution is -2.17. The minimum absolute atomic E-state index is 0.0255. The highest BCUT2D eigenvalue weighted by Crippen LogP contribution is 2.11. The van der Waals surface area contributed by atoms with E-state index in [1.807, 2.05) is 6.92 Å². The molecular weight excluding hydrogens is 292 g/mol. The first-order valence-corrected chi connectivity index (χ1v) is 9.49. The van der Waals surface area contributed by atoms with Crippen molar-refractivity contribution in [3.05, 3.63) is 0 Å². The average molecular weight is 328 g/mol. The van der Waals surface area contributed by atoms with Gasteiger partial charge < -0.3 is 9.47 Å². The van der Waals surface area contributed by atoms with E-state index >= 15 is 0 Å². The maximum absolute atomic E-state index is 11.7. The Morgan fingerprint density at radius 1 is 0.783 bits per heavy atom. The van der Waals surface area contributed by atoms with E-state index in [0.717, 1.165) is 38.5 Å². The smallest absolute Gasteiger partial charge is 0.306 e. The molecule has 0 aromatic rings. The number of ether oxygens (including phenoxy) is 2. The first-order chi connectivity index (χ1) is 11.1. The molecule has 0 aromatic heterocycles. The molecule has 0 rings (SSSR count). The standard InChI is InChI=1S/C19H36O4/c1-4-7-9-10-11-16-22-18(20)14-12-15-19(21)23-17(6-3)13-8-5-2/h17H,4-16H2,1-3H3. The van der Waals surface area contributed by atoms with Crippen LogP contribution < -0.4 is 0 Å². The molecule has 0 aliphatic carbocycles. The third-order valence-corrected chi connectivity index (χ3v) is 3.91. The number of hydrogen-bond donors (Lipinski definition) is 0. The largest absolute Gasteiger partial charge is 0.466 e. The molecule has 136 valence electrons. The Balaban J connectivity index is 3.60. The number of rotatable bonds is 15. The van der Waals surface area contributed by atoms with E-state index in [0.29, 0.717) is 25.9 Å².